The van der Waals surface area contributed by atoms with E-state index >= 15 is 0 Å². The van der Waals surface area contributed by atoms with E-state index in [1.165, 1.54) is 11.8 Å². The Labute approximate surface area is 188 Å². The van der Waals surface area contributed by atoms with Crippen molar-refractivity contribution in [3.05, 3.63) is 63.1 Å². The topological polar surface area (TPSA) is 65.8 Å². The van der Waals surface area contributed by atoms with Gasteiger partial charge in [-0.1, -0.05) is 39.8 Å². The lowest BCUT2D eigenvalue weighted by molar-refractivity contribution is -0.129. The molecule has 0 bridgehead atoms. The first-order valence-corrected chi connectivity index (χ1v) is 11.1. The summed E-state index contributed by atoms with van der Waals surface area (Å²) in [7, 11) is 3.24. The molecule has 154 valence electrons. The third-order valence-corrected chi connectivity index (χ3v) is 6.93. The van der Waals surface area contributed by atoms with Crippen LogP contribution in [0, 0.1) is 11.3 Å². The van der Waals surface area contributed by atoms with Gasteiger partial charge in [-0.3, -0.25) is 9.69 Å². The zero-order valence-corrected chi connectivity index (χ0v) is 19.0. The van der Waals surface area contributed by atoms with Gasteiger partial charge in [-0.25, -0.2) is 0 Å². The number of benzene rings is 2. The van der Waals surface area contributed by atoms with Gasteiger partial charge in [0.15, 0.2) is 0 Å². The van der Waals surface area contributed by atoms with Crippen molar-refractivity contribution < 1.29 is 14.3 Å². The average molecular weight is 486 g/mol. The molecule has 1 atom stereocenters. The van der Waals surface area contributed by atoms with Crippen molar-refractivity contribution >= 4 is 39.3 Å². The van der Waals surface area contributed by atoms with Crippen molar-refractivity contribution in [2.24, 2.45) is 0 Å². The Morgan fingerprint density at radius 1 is 1.17 bits per heavy atom. The molecule has 0 radical (unpaired) electrons. The van der Waals surface area contributed by atoms with Crippen LogP contribution in [0.4, 0.5) is 5.69 Å². The lowest BCUT2D eigenvalue weighted by Crippen LogP contribution is -2.47. The Kier molecular flexibility index (Phi) is 5.93. The minimum Gasteiger partial charge on any atom is -0.496 e. The molecule has 8 heteroatoms. The number of rotatable bonds is 4. The van der Waals surface area contributed by atoms with Gasteiger partial charge >= 0.3 is 0 Å². The molecule has 0 unspecified atom stereocenters. The smallest absolute Gasteiger partial charge is 0.229 e. The molecule has 2 heterocycles. The zero-order chi connectivity index (χ0) is 21.3. The summed E-state index contributed by atoms with van der Waals surface area (Å²) in [6.07, 6.45) is 0.222. The van der Waals surface area contributed by atoms with Crippen LogP contribution in [0.25, 0.3) is 0 Å². The van der Waals surface area contributed by atoms with Crippen LogP contribution in [0.3, 0.4) is 0 Å². The predicted octanol–water partition coefficient (Wildman–Crippen LogP) is 4.69. The van der Waals surface area contributed by atoms with Crippen molar-refractivity contribution in [3.63, 3.8) is 0 Å². The lowest BCUT2D eigenvalue weighted by Gasteiger charge is -2.42. The van der Waals surface area contributed by atoms with Crippen LogP contribution in [0.15, 0.2) is 57.5 Å². The summed E-state index contributed by atoms with van der Waals surface area (Å²) in [6, 6.07) is 15.8. The van der Waals surface area contributed by atoms with E-state index in [1.54, 1.807) is 19.1 Å². The van der Waals surface area contributed by atoms with Gasteiger partial charge in [0.25, 0.3) is 0 Å². The van der Waals surface area contributed by atoms with E-state index < -0.39 is 0 Å². The maximum absolute atomic E-state index is 13.1. The summed E-state index contributed by atoms with van der Waals surface area (Å²) in [5.74, 6) is 1.71. The molecule has 0 spiro atoms. The van der Waals surface area contributed by atoms with Gasteiger partial charge < -0.3 is 14.4 Å². The molecule has 4 rings (SSSR count). The summed E-state index contributed by atoms with van der Waals surface area (Å²) >= 11 is 4.99. The SMILES string of the molecule is COc1ccc(Br)cc1[C@H]1CC(=O)N2CN(c3ccccc3OC)CSC2=C1C#N. The van der Waals surface area contributed by atoms with Gasteiger partial charge in [-0.15, -0.1) is 0 Å². The second-order valence-corrected chi connectivity index (χ2v) is 8.77. The Balaban J connectivity index is 1.71. The Hall–Kier alpha value is -2.63. The number of allylic oxidation sites excluding steroid dienone is 1. The maximum Gasteiger partial charge on any atom is 0.229 e. The van der Waals surface area contributed by atoms with Crippen molar-refractivity contribution in [2.75, 3.05) is 31.7 Å². The third kappa shape index (κ3) is 3.64. The quantitative estimate of drug-likeness (QED) is 0.625. The highest BCUT2D eigenvalue weighted by atomic mass is 79.9. The number of amides is 1. The maximum atomic E-state index is 13.1. The second kappa shape index (κ2) is 8.62. The summed E-state index contributed by atoms with van der Waals surface area (Å²) < 4.78 is 11.9. The molecule has 0 aromatic heterocycles. The van der Waals surface area contributed by atoms with E-state index in [0.29, 0.717) is 23.9 Å². The van der Waals surface area contributed by atoms with Gasteiger partial charge in [-0.2, -0.15) is 5.26 Å². The number of nitrogens with zero attached hydrogens (tertiary/aromatic N) is 3. The number of hydrogen-bond donors (Lipinski definition) is 0. The molecule has 2 aliphatic heterocycles. The monoisotopic (exact) mass is 485 g/mol. The molecule has 2 aliphatic rings. The fourth-order valence-electron chi connectivity index (χ4n) is 3.85. The van der Waals surface area contributed by atoms with Crippen LogP contribution in [0.2, 0.25) is 0 Å². The summed E-state index contributed by atoms with van der Waals surface area (Å²) in [5.41, 5.74) is 2.38. The first-order valence-electron chi connectivity index (χ1n) is 9.36. The Morgan fingerprint density at radius 2 is 1.93 bits per heavy atom. The number of methoxy groups -OCH3 is 2. The highest BCUT2D eigenvalue weighted by Crippen LogP contribution is 2.46. The molecule has 2 aromatic carbocycles. The number of thioether (sulfide) groups is 1. The van der Waals surface area contributed by atoms with Crippen LogP contribution in [0.5, 0.6) is 11.5 Å². The van der Waals surface area contributed by atoms with Crippen molar-refractivity contribution in [1.82, 2.24) is 4.90 Å². The van der Waals surface area contributed by atoms with Gasteiger partial charge in [-0.05, 0) is 30.3 Å². The second-order valence-electron chi connectivity index (χ2n) is 6.92. The molecule has 1 amide bonds. The van der Waals surface area contributed by atoms with Crippen molar-refractivity contribution in [2.45, 2.75) is 12.3 Å². The van der Waals surface area contributed by atoms with Crippen LogP contribution in [-0.4, -0.2) is 37.6 Å². The summed E-state index contributed by atoms with van der Waals surface area (Å²) in [6.45, 7) is 0.384. The lowest BCUT2D eigenvalue weighted by atomic mass is 9.86. The summed E-state index contributed by atoms with van der Waals surface area (Å²) in [4.78, 5) is 16.9. The minimum atomic E-state index is -0.327. The largest absolute Gasteiger partial charge is 0.496 e. The number of halogens is 1. The van der Waals surface area contributed by atoms with Crippen molar-refractivity contribution in [1.29, 1.82) is 5.26 Å². The molecule has 2 aromatic rings. The molecular weight excluding hydrogens is 466 g/mol. The number of carbonyl (C=O) groups is 1. The van der Waals surface area contributed by atoms with E-state index in [1.807, 2.05) is 42.5 Å². The van der Waals surface area contributed by atoms with Gasteiger partial charge in [0.1, 0.15) is 11.5 Å². The number of carbonyl (C=O) groups excluding carboxylic acids is 1. The summed E-state index contributed by atoms with van der Waals surface area (Å²) in [5, 5.41) is 10.7. The van der Waals surface area contributed by atoms with E-state index in [4.69, 9.17) is 9.47 Å². The van der Waals surface area contributed by atoms with Crippen LogP contribution in [0.1, 0.15) is 17.9 Å². The number of nitriles is 1. The van der Waals surface area contributed by atoms with Crippen LogP contribution in [-0.2, 0) is 4.79 Å². The molecule has 6 nitrogen and oxygen atoms in total. The van der Waals surface area contributed by atoms with E-state index in [2.05, 4.69) is 26.9 Å². The van der Waals surface area contributed by atoms with Crippen LogP contribution >= 0.6 is 27.7 Å². The molecule has 0 N–H and O–H groups in total. The molecule has 0 saturated carbocycles. The van der Waals surface area contributed by atoms with Gasteiger partial charge in [0.2, 0.25) is 5.91 Å². The predicted molar refractivity (Wildman–Crippen MR) is 120 cm³/mol. The molecular formula is C22H20BrN3O3S. The van der Waals surface area contributed by atoms with E-state index in [-0.39, 0.29) is 18.2 Å². The van der Waals surface area contributed by atoms with E-state index in [9.17, 15) is 10.1 Å². The highest BCUT2D eigenvalue weighted by molar-refractivity contribution is 9.10. The zero-order valence-electron chi connectivity index (χ0n) is 16.6. The number of hydrogen-bond acceptors (Lipinski definition) is 6. The highest BCUT2D eigenvalue weighted by Gasteiger charge is 2.39. The average Bonchev–Trinajstić information content (AvgIpc) is 2.78. The fourth-order valence-corrected chi connectivity index (χ4v) is 5.39. The minimum absolute atomic E-state index is 0.0110. The Bertz CT molecular complexity index is 1070. The van der Waals surface area contributed by atoms with Gasteiger partial charge in [0, 0.05) is 22.4 Å². The number of para-hydroxylation sites is 2. The molecule has 1 saturated heterocycles. The third-order valence-electron chi connectivity index (χ3n) is 5.29. The number of fused-ring (bicyclic) bond motifs is 1. The molecule has 0 aliphatic carbocycles. The first kappa shape index (κ1) is 20.6. The molecule has 30 heavy (non-hydrogen) atoms. The normalized spacial score (nSPS) is 18.7. The van der Waals surface area contributed by atoms with Crippen molar-refractivity contribution in [3.8, 4) is 17.6 Å². The van der Waals surface area contributed by atoms with Gasteiger partial charge in [0.05, 0.1) is 49.1 Å². The number of anilines is 1. The standard InChI is InChI=1S/C22H20BrN3O3S/c1-28-19-8-7-14(23)9-16(19)15-10-21(27)26-12-25(13-30-22(26)17(15)11-24)18-5-3-4-6-20(18)29-2/h3-9,15H,10,12-13H2,1-2H3/t15-/m1/s1. The Morgan fingerprint density at radius 3 is 2.67 bits per heavy atom. The first-order chi connectivity index (χ1) is 14.6. The number of ether oxygens (including phenoxy) is 2. The fraction of sp³-hybridized carbons (Fsp3) is 0.273. The van der Waals surface area contributed by atoms with Crippen LogP contribution < -0.4 is 14.4 Å². The van der Waals surface area contributed by atoms with E-state index in [0.717, 1.165) is 26.5 Å². The molecule has 1 fully saturated rings.